The first-order valence-corrected chi connectivity index (χ1v) is 7.66. The van der Waals surface area contributed by atoms with Gasteiger partial charge in [0.05, 0.1) is 0 Å². The van der Waals surface area contributed by atoms with Crippen molar-refractivity contribution in [3.05, 3.63) is 38.0 Å². The summed E-state index contributed by atoms with van der Waals surface area (Å²) in [5.41, 5.74) is 0. The number of alkyl halides is 1. The Morgan fingerprint density at radius 1 is 1.13 bits per heavy atom. The van der Waals surface area contributed by atoms with Gasteiger partial charge in [-0.3, -0.25) is 0 Å². The normalized spacial score (nSPS) is 11.3. The van der Waals surface area contributed by atoms with Crippen LogP contribution in [0.25, 0.3) is 0 Å². The fraction of sp³-hybridized carbons (Fsp3) is 0.500. The topological polar surface area (TPSA) is 12.0 Å². The van der Waals surface area contributed by atoms with Crippen molar-refractivity contribution in [1.82, 2.24) is 5.32 Å². The van der Waals surface area contributed by atoms with E-state index in [2.05, 4.69) is 32.1 Å². The molecule has 2 nitrogen and oxygen atoms in total. The Morgan fingerprint density at radius 3 is 2.20 bits per heavy atom. The molecule has 0 fully saturated rings. The van der Waals surface area contributed by atoms with Crippen LogP contribution in [0.5, 0.6) is 0 Å². The number of hydrogen-bond acceptors (Lipinski definition) is 1. The van der Waals surface area contributed by atoms with Gasteiger partial charge < -0.3 is 0 Å². The first kappa shape index (κ1) is 14.9. The minimum atomic E-state index is 0.143. The second kappa shape index (κ2) is 9.12. The van der Waals surface area contributed by atoms with Crippen LogP contribution >= 0.6 is 0 Å². The van der Waals surface area contributed by atoms with E-state index in [9.17, 15) is 0 Å². The van der Waals surface area contributed by atoms with Crippen molar-refractivity contribution in [2.45, 2.75) is 0 Å². The quantitative estimate of drug-likeness (QED) is 0.171. The number of quaternary nitrogens is 1. The third-order valence-electron chi connectivity index (χ3n) is 1.95. The van der Waals surface area contributed by atoms with Gasteiger partial charge in [-0.1, -0.05) is 0 Å². The molecule has 1 N–H and O–H groups in total. The van der Waals surface area contributed by atoms with Crippen molar-refractivity contribution < 1.29 is 24.2 Å². The average molecular weight is 322 g/mol. The van der Waals surface area contributed by atoms with Gasteiger partial charge >= 0.3 is 105 Å². The second-order valence-electron chi connectivity index (χ2n) is 3.51. The van der Waals surface area contributed by atoms with Gasteiger partial charge in [0.25, 0.3) is 0 Å². The third kappa shape index (κ3) is 7.76. The summed E-state index contributed by atoms with van der Waals surface area (Å²) in [6, 6.07) is 0. The molecular weight excluding hydrogens is 299 g/mol. The zero-order valence-electron chi connectivity index (χ0n) is 9.71. The molecule has 0 heterocycles. The molecule has 0 amide bonds. The van der Waals surface area contributed by atoms with E-state index in [4.69, 9.17) is 0 Å². The molecule has 0 bridgehead atoms. The number of rotatable bonds is 10. The van der Waals surface area contributed by atoms with E-state index >= 15 is 0 Å². The first-order valence-electron chi connectivity index (χ1n) is 5.17. The molecule has 15 heavy (non-hydrogen) atoms. The van der Waals surface area contributed by atoms with Crippen LogP contribution in [0.15, 0.2) is 38.0 Å². The number of hydrogen-bond donors (Lipinski definition) is 1. The van der Waals surface area contributed by atoms with Crippen LogP contribution in [0.3, 0.4) is 0 Å². The van der Waals surface area contributed by atoms with Gasteiger partial charge in [-0.25, -0.2) is 0 Å². The van der Waals surface area contributed by atoms with Gasteiger partial charge in [-0.15, -0.1) is 0 Å². The van der Waals surface area contributed by atoms with Crippen molar-refractivity contribution >= 4 is 0 Å². The Balaban J connectivity index is 3.79. The molecule has 0 spiro atoms. The Kier molecular flexibility index (Phi) is 9.04. The van der Waals surface area contributed by atoms with Crippen LogP contribution in [0, 0.1) is 0 Å². The molecule has 0 radical (unpaired) electrons. The summed E-state index contributed by atoms with van der Waals surface area (Å²) in [6.07, 6.45) is 5.93. The monoisotopic (exact) mass is 322 g/mol. The van der Waals surface area contributed by atoms with Gasteiger partial charge in [-0.2, -0.15) is 0 Å². The Labute approximate surface area is 105 Å². The van der Waals surface area contributed by atoms with Crippen molar-refractivity contribution in [1.29, 1.82) is 0 Å². The number of halogens is 1. The minimum absolute atomic E-state index is 0.143. The molecule has 3 heteroatoms. The van der Waals surface area contributed by atoms with Gasteiger partial charge in [-0.05, 0) is 0 Å². The standard InChI is InChI=1S/C12H23IN2/c1-5-9-14-10-8-13-15(4,11-6-2)12-7-3/h5-7,14H,1-3,8-12H2,4H3. The molecule has 88 valence electrons. The molecule has 0 aromatic carbocycles. The van der Waals surface area contributed by atoms with Gasteiger partial charge in [0.1, 0.15) is 0 Å². The molecule has 0 atom stereocenters. The molecule has 0 saturated heterocycles. The molecular formula is C12H23IN2. The van der Waals surface area contributed by atoms with Crippen LogP contribution in [-0.4, -0.2) is 40.4 Å². The number of nitrogens with zero attached hydrogens (tertiary/aromatic N) is 1. The molecule has 0 aliphatic rings. The van der Waals surface area contributed by atoms with Crippen LogP contribution in [0.4, 0.5) is 0 Å². The van der Waals surface area contributed by atoms with Gasteiger partial charge in [0, 0.05) is 0 Å². The summed E-state index contributed by atoms with van der Waals surface area (Å²) in [7, 11) is 2.30. The van der Waals surface area contributed by atoms with Crippen LogP contribution in [0.2, 0.25) is 0 Å². The molecule has 0 aliphatic heterocycles. The molecule has 0 aromatic rings. The van der Waals surface area contributed by atoms with E-state index < -0.39 is 0 Å². The maximum atomic E-state index is 3.82. The van der Waals surface area contributed by atoms with E-state index in [1.807, 2.05) is 18.2 Å². The van der Waals surface area contributed by atoms with Gasteiger partial charge in [0.15, 0.2) is 0 Å². The van der Waals surface area contributed by atoms with Crippen molar-refractivity contribution in [3.63, 3.8) is 0 Å². The zero-order chi connectivity index (χ0) is 11.6. The summed E-state index contributed by atoms with van der Waals surface area (Å²) in [6.45, 7) is 15.5. The van der Waals surface area contributed by atoms with Crippen LogP contribution < -0.4 is 26.8 Å². The van der Waals surface area contributed by atoms with E-state index in [-0.39, 0.29) is 21.5 Å². The Bertz CT molecular complexity index is 192. The molecule has 0 saturated carbocycles. The molecule has 0 unspecified atom stereocenters. The maximum absolute atomic E-state index is 3.82. The molecule has 0 rings (SSSR count). The van der Waals surface area contributed by atoms with Crippen LogP contribution in [-0.2, 0) is 0 Å². The zero-order valence-corrected chi connectivity index (χ0v) is 11.9. The van der Waals surface area contributed by atoms with Gasteiger partial charge in [0.2, 0.25) is 0 Å². The first-order chi connectivity index (χ1) is 7.18. The number of nitrogens with one attached hydrogen (secondary N) is 1. The fourth-order valence-electron chi connectivity index (χ4n) is 1.23. The van der Waals surface area contributed by atoms with Crippen LogP contribution in [0.1, 0.15) is 0 Å². The second-order valence-corrected chi connectivity index (χ2v) is 7.60. The molecule has 0 aliphatic carbocycles. The van der Waals surface area contributed by atoms with Crippen molar-refractivity contribution in [2.75, 3.05) is 37.7 Å². The van der Waals surface area contributed by atoms with E-state index in [0.29, 0.717) is 0 Å². The summed E-state index contributed by atoms with van der Waals surface area (Å²) < 4.78 is 2.40. The SMILES string of the molecule is C=CCNCC[I-][N+](C)(CC=C)CC=C. The predicted molar refractivity (Wildman–Crippen MR) is 64.2 cm³/mol. The fourth-order valence-corrected chi connectivity index (χ4v) is 4.13. The summed E-state index contributed by atoms with van der Waals surface area (Å²) in [5.74, 6) is 0. The summed E-state index contributed by atoms with van der Waals surface area (Å²) in [4.78, 5) is 0. The summed E-state index contributed by atoms with van der Waals surface area (Å²) >= 11 is 0.143. The molecule has 0 aromatic heterocycles. The Hall–Kier alpha value is -0.130. The Morgan fingerprint density at radius 2 is 1.73 bits per heavy atom. The van der Waals surface area contributed by atoms with Crippen molar-refractivity contribution in [3.8, 4) is 0 Å². The average Bonchev–Trinajstić information content (AvgIpc) is 2.18. The predicted octanol–water partition coefficient (Wildman–Crippen LogP) is -1.42. The third-order valence-corrected chi connectivity index (χ3v) is 5.41. The number of likely N-dealkylation sites (N-methyl/N-ethyl adjacent to an activating group) is 1. The van der Waals surface area contributed by atoms with E-state index in [1.54, 1.807) is 0 Å². The van der Waals surface area contributed by atoms with Crippen molar-refractivity contribution in [2.24, 2.45) is 0 Å². The van der Waals surface area contributed by atoms with E-state index in [0.717, 1.165) is 28.9 Å². The summed E-state index contributed by atoms with van der Waals surface area (Å²) in [5, 5.41) is 3.34. The van der Waals surface area contributed by atoms with E-state index in [1.165, 1.54) is 4.43 Å².